The molecule has 9 heteroatoms. The van der Waals surface area contributed by atoms with Crippen molar-refractivity contribution in [1.29, 1.82) is 0 Å². The number of hydrogen-bond donors (Lipinski definition) is 0. The number of methoxy groups -OCH3 is 1. The van der Waals surface area contributed by atoms with E-state index in [1.54, 1.807) is 35.8 Å². The predicted molar refractivity (Wildman–Crippen MR) is 119 cm³/mol. The number of para-hydroxylation sites is 1. The SMILES string of the molecule is COC(=O)C1C2c3ccccc3O[C@]1(C)N=c1s/c(=C/c3ccc(Cl)cc3Cl)c(=O)n12. The molecule has 3 heterocycles. The molecular weight excluding hydrogens is 459 g/mol. The lowest BCUT2D eigenvalue weighted by Crippen LogP contribution is -2.58. The highest BCUT2D eigenvalue weighted by atomic mass is 35.5. The number of carbonyl (C=O) groups is 1. The number of aromatic nitrogens is 1. The predicted octanol–water partition coefficient (Wildman–Crippen LogP) is 3.17. The zero-order valence-electron chi connectivity index (χ0n) is 16.5. The summed E-state index contributed by atoms with van der Waals surface area (Å²) in [5.41, 5.74) is -0.0499. The van der Waals surface area contributed by atoms with E-state index in [0.717, 1.165) is 5.56 Å². The van der Waals surface area contributed by atoms with Gasteiger partial charge in [0.05, 0.1) is 17.7 Å². The number of fused-ring (bicyclic) bond motifs is 6. The van der Waals surface area contributed by atoms with Crippen LogP contribution in [0.3, 0.4) is 0 Å². The highest BCUT2D eigenvalue weighted by Crippen LogP contribution is 2.47. The minimum Gasteiger partial charge on any atom is -0.469 e. The van der Waals surface area contributed by atoms with E-state index >= 15 is 0 Å². The molecule has 5 rings (SSSR count). The number of carbonyl (C=O) groups excluding carboxylic acids is 1. The second kappa shape index (κ2) is 7.22. The van der Waals surface area contributed by atoms with Crippen molar-refractivity contribution in [3.63, 3.8) is 0 Å². The zero-order chi connectivity index (χ0) is 21.9. The molecule has 31 heavy (non-hydrogen) atoms. The summed E-state index contributed by atoms with van der Waals surface area (Å²) in [7, 11) is 1.32. The molecule has 0 amide bonds. The van der Waals surface area contributed by atoms with E-state index in [9.17, 15) is 9.59 Å². The van der Waals surface area contributed by atoms with E-state index in [1.807, 2.05) is 24.3 Å². The van der Waals surface area contributed by atoms with Gasteiger partial charge in [0.2, 0.25) is 5.72 Å². The fourth-order valence-electron chi connectivity index (χ4n) is 4.19. The standard InChI is InChI=1S/C22H16Cl2N2O4S/c1-22-17(20(28)29-2)18(13-5-3-4-6-15(13)30-22)26-19(27)16(31-21(26)25-22)9-11-7-8-12(23)10-14(11)24/h3-10,17-18H,1-2H3/b16-9+/t17?,18?,22-/m0/s1. The Labute approximate surface area is 191 Å². The minimum absolute atomic E-state index is 0.257. The molecule has 0 spiro atoms. The van der Waals surface area contributed by atoms with Crippen molar-refractivity contribution in [2.75, 3.05) is 7.11 Å². The average molecular weight is 475 g/mol. The van der Waals surface area contributed by atoms with Crippen LogP contribution in [0.5, 0.6) is 5.75 Å². The van der Waals surface area contributed by atoms with E-state index < -0.39 is 23.7 Å². The zero-order valence-corrected chi connectivity index (χ0v) is 18.8. The number of hydrogen-bond acceptors (Lipinski definition) is 6. The molecule has 2 aliphatic heterocycles. The number of esters is 1. The van der Waals surface area contributed by atoms with Gasteiger partial charge in [-0.15, -0.1) is 0 Å². The lowest BCUT2D eigenvalue weighted by Gasteiger charge is -2.44. The summed E-state index contributed by atoms with van der Waals surface area (Å²) in [6.45, 7) is 1.74. The Morgan fingerprint density at radius 2 is 2.06 bits per heavy atom. The fraction of sp³-hybridized carbons (Fsp3) is 0.227. The molecule has 0 N–H and O–H groups in total. The fourth-order valence-corrected chi connectivity index (χ4v) is 5.74. The first-order valence-corrected chi connectivity index (χ1v) is 11.0. The van der Waals surface area contributed by atoms with Gasteiger partial charge in [0, 0.05) is 15.6 Å². The Kier molecular flexibility index (Phi) is 4.73. The van der Waals surface area contributed by atoms with Crippen LogP contribution in [-0.2, 0) is 9.53 Å². The second-order valence-corrected chi connectivity index (χ2v) is 9.34. The van der Waals surface area contributed by atoms with Gasteiger partial charge in [-0.3, -0.25) is 14.2 Å². The summed E-state index contributed by atoms with van der Waals surface area (Å²) in [4.78, 5) is 31.4. The van der Waals surface area contributed by atoms with Crippen LogP contribution in [0.2, 0.25) is 10.0 Å². The summed E-state index contributed by atoms with van der Waals surface area (Å²) >= 11 is 13.5. The van der Waals surface area contributed by atoms with E-state index in [1.165, 1.54) is 18.4 Å². The van der Waals surface area contributed by atoms with Crippen molar-refractivity contribution in [3.05, 3.63) is 83.3 Å². The maximum absolute atomic E-state index is 13.5. The summed E-state index contributed by atoms with van der Waals surface area (Å²) < 4.78 is 13.2. The normalized spacial score (nSPS) is 23.9. The summed E-state index contributed by atoms with van der Waals surface area (Å²) in [5, 5.41) is 0.947. The molecule has 2 unspecified atom stereocenters. The van der Waals surface area contributed by atoms with Gasteiger partial charge in [-0.05, 0) is 36.8 Å². The monoisotopic (exact) mass is 474 g/mol. The Balaban J connectivity index is 1.80. The van der Waals surface area contributed by atoms with Crippen LogP contribution < -0.4 is 19.6 Å². The highest BCUT2D eigenvalue weighted by Gasteiger charge is 2.55. The quantitative estimate of drug-likeness (QED) is 0.534. The van der Waals surface area contributed by atoms with Gasteiger partial charge in [-0.25, -0.2) is 4.99 Å². The van der Waals surface area contributed by atoms with Gasteiger partial charge in [0.15, 0.2) is 4.80 Å². The molecule has 2 bridgehead atoms. The largest absolute Gasteiger partial charge is 0.469 e. The molecule has 6 nitrogen and oxygen atoms in total. The molecule has 158 valence electrons. The van der Waals surface area contributed by atoms with Gasteiger partial charge in [-0.1, -0.05) is 58.8 Å². The van der Waals surface area contributed by atoms with Crippen LogP contribution in [0.4, 0.5) is 0 Å². The Morgan fingerprint density at radius 3 is 2.81 bits per heavy atom. The van der Waals surface area contributed by atoms with Gasteiger partial charge < -0.3 is 9.47 Å². The van der Waals surface area contributed by atoms with E-state index in [0.29, 0.717) is 30.7 Å². The van der Waals surface area contributed by atoms with Crippen molar-refractivity contribution >= 4 is 46.6 Å². The van der Waals surface area contributed by atoms with Crippen LogP contribution in [-0.4, -0.2) is 23.4 Å². The number of rotatable bonds is 2. The number of halogens is 2. The van der Waals surface area contributed by atoms with Crippen LogP contribution in [0, 0.1) is 5.92 Å². The lowest BCUT2D eigenvalue weighted by atomic mass is 9.81. The minimum atomic E-state index is -1.20. The molecule has 0 fully saturated rings. The second-order valence-electron chi connectivity index (χ2n) is 7.49. The van der Waals surface area contributed by atoms with Crippen LogP contribution in [0.25, 0.3) is 6.08 Å². The number of ether oxygens (including phenoxy) is 2. The van der Waals surface area contributed by atoms with E-state index in [-0.39, 0.29) is 5.56 Å². The van der Waals surface area contributed by atoms with Crippen LogP contribution in [0.15, 0.2) is 52.3 Å². The highest BCUT2D eigenvalue weighted by molar-refractivity contribution is 7.07. The smallest absolute Gasteiger partial charge is 0.317 e. The summed E-state index contributed by atoms with van der Waals surface area (Å²) in [5.74, 6) is -0.700. The van der Waals surface area contributed by atoms with Gasteiger partial charge in [0.1, 0.15) is 11.7 Å². The molecule has 0 saturated heterocycles. The molecule has 1 aromatic heterocycles. The van der Waals surface area contributed by atoms with Crippen molar-refractivity contribution in [1.82, 2.24) is 4.57 Å². The third-order valence-corrected chi connectivity index (χ3v) is 7.13. The summed E-state index contributed by atoms with van der Waals surface area (Å²) in [6, 6.07) is 11.8. The van der Waals surface area contributed by atoms with Crippen molar-refractivity contribution in [2.24, 2.45) is 10.9 Å². The van der Waals surface area contributed by atoms with Crippen LogP contribution in [0.1, 0.15) is 24.1 Å². The third-order valence-electron chi connectivity index (χ3n) is 5.58. The average Bonchev–Trinajstić information content (AvgIpc) is 3.02. The first-order valence-electron chi connectivity index (χ1n) is 9.46. The maximum atomic E-state index is 13.5. The Morgan fingerprint density at radius 1 is 1.29 bits per heavy atom. The van der Waals surface area contributed by atoms with Crippen molar-refractivity contribution < 1.29 is 14.3 Å². The van der Waals surface area contributed by atoms with Crippen molar-refractivity contribution in [2.45, 2.75) is 18.7 Å². The lowest BCUT2D eigenvalue weighted by molar-refractivity contribution is -0.158. The summed E-state index contributed by atoms with van der Waals surface area (Å²) in [6.07, 6.45) is 1.71. The number of thiazole rings is 1. The molecular formula is C22H16Cl2N2O4S. The Hall–Kier alpha value is -2.61. The van der Waals surface area contributed by atoms with Crippen LogP contribution >= 0.6 is 34.5 Å². The molecule has 3 atom stereocenters. The molecule has 3 aromatic rings. The first-order chi connectivity index (χ1) is 14.8. The molecule has 2 aromatic carbocycles. The van der Waals surface area contributed by atoms with E-state index in [2.05, 4.69) is 0 Å². The molecule has 2 aliphatic rings. The van der Waals surface area contributed by atoms with Crippen molar-refractivity contribution in [3.8, 4) is 5.75 Å². The Bertz CT molecular complexity index is 1410. The molecule has 0 saturated carbocycles. The van der Waals surface area contributed by atoms with Gasteiger partial charge in [0.25, 0.3) is 5.56 Å². The van der Waals surface area contributed by atoms with Gasteiger partial charge in [-0.2, -0.15) is 0 Å². The topological polar surface area (TPSA) is 69.9 Å². The number of benzene rings is 2. The number of nitrogens with zero attached hydrogens (tertiary/aromatic N) is 2. The molecule has 0 aliphatic carbocycles. The third kappa shape index (κ3) is 3.11. The maximum Gasteiger partial charge on any atom is 0.317 e. The van der Waals surface area contributed by atoms with Gasteiger partial charge >= 0.3 is 5.97 Å². The first kappa shape index (κ1) is 20.3. The molecule has 0 radical (unpaired) electrons. The van der Waals surface area contributed by atoms with E-state index in [4.69, 9.17) is 37.7 Å².